The first-order chi connectivity index (χ1) is 13.8. The maximum absolute atomic E-state index is 12.6. The minimum Gasteiger partial charge on any atom is -0.379 e. The molecule has 0 unspecified atom stereocenters. The van der Waals surface area contributed by atoms with Gasteiger partial charge in [-0.3, -0.25) is 14.7 Å². The van der Waals surface area contributed by atoms with Gasteiger partial charge in [-0.05, 0) is 25.7 Å². The van der Waals surface area contributed by atoms with Crippen LogP contribution in [0.2, 0.25) is 0 Å². The summed E-state index contributed by atoms with van der Waals surface area (Å²) in [5.41, 5.74) is 4.45. The second-order valence-electron chi connectivity index (χ2n) is 8.39. The highest BCUT2D eigenvalue weighted by molar-refractivity contribution is 5.80. The van der Waals surface area contributed by atoms with E-state index in [1.165, 1.54) is 17.7 Å². The number of piperidine rings is 1. The molecule has 1 saturated carbocycles. The van der Waals surface area contributed by atoms with Crippen molar-refractivity contribution in [2.45, 2.75) is 44.6 Å². The molecule has 2 saturated heterocycles. The maximum Gasteiger partial charge on any atom is 0.225 e. The van der Waals surface area contributed by atoms with Crippen molar-refractivity contribution in [2.24, 2.45) is 5.92 Å². The number of nitrogens with one attached hydrogen (secondary N) is 1. The number of aromatic amines is 1. The molecule has 2 aromatic rings. The largest absolute Gasteiger partial charge is 0.379 e. The Balaban J connectivity index is 1.35. The summed E-state index contributed by atoms with van der Waals surface area (Å²) in [4.78, 5) is 29.8. The minimum atomic E-state index is 0.301. The van der Waals surface area contributed by atoms with E-state index in [4.69, 9.17) is 4.74 Å². The SMILES string of the molecule is O=C(C1CCC1)N1CCC(c2[nH]c3nccnc3c2CN2CCOCC2)CC1. The average molecular weight is 383 g/mol. The number of hydrogen-bond acceptors (Lipinski definition) is 5. The van der Waals surface area contributed by atoms with Crippen molar-refractivity contribution in [1.82, 2.24) is 24.8 Å². The number of H-pyrrole nitrogens is 1. The lowest BCUT2D eigenvalue weighted by molar-refractivity contribution is -0.139. The Morgan fingerprint density at radius 3 is 2.54 bits per heavy atom. The third-order valence-electron chi connectivity index (χ3n) is 6.72. The molecule has 0 atom stereocenters. The molecule has 1 aliphatic carbocycles. The number of ether oxygens (including phenoxy) is 1. The fourth-order valence-electron chi connectivity index (χ4n) is 4.77. The number of carbonyl (C=O) groups excluding carboxylic acids is 1. The summed E-state index contributed by atoms with van der Waals surface area (Å²) in [6.45, 7) is 6.14. The molecule has 0 aromatic carbocycles. The van der Waals surface area contributed by atoms with Crippen LogP contribution in [0.4, 0.5) is 0 Å². The highest BCUT2D eigenvalue weighted by Gasteiger charge is 2.33. The number of morpholine rings is 1. The van der Waals surface area contributed by atoms with Crippen LogP contribution in [-0.2, 0) is 16.1 Å². The third-order valence-corrected chi connectivity index (χ3v) is 6.72. The van der Waals surface area contributed by atoms with Crippen molar-refractivity contribution >= 4 is 17.1 Å². The summed E-state index contributed by atoms with van der Waals surface area (Å²) in [5, 5.41) is 0. The maximum atomic E-state index is 12.6. The van der Waals surface area contributed by atoms with E-state index < -0.39 is 0 Å². The second kappa shape index (κ2) is 7.79. The van der Waals surface area contributed by atoms with Crippen molar-refractivity contribution in [3.8, 4) is 0 Å². The van der Waals surface area contributed by atoms with E-state index in [-0.39, 0.29) is 0 Å². The Hall–Kier alpha value is -1.99. The van der Waals surface area contributed by atoms with Gasteiger partial charge in [-0.25, -0.2) is 4.98 Å². The summed E-state index contributed by atoms with van der Waals surface area (Å²) in [5.74, 6) is 1.13. The summed E-state index contributed by atoms with van der Waals surface area (Å²) in [6, 6.07) is 0. The van der Waals surface area contributed by atoms with E-state index in [0.29, 0.717) is 17.7 Å². The van der Waals surface area contributed by atoms with Crippen molar-refractivity contribution < 1.29 is 9.53 Å². The van der Waals surface area contributed by atoms with Gasteiger partial charge >= 0.3 is 0 Å². The first-order valence-corrected chi connectivity index (χ1v) is 10.7. The number of carbonyl (C=O) groups is 1. The first-order valence-electron chi connectivity index (χ1n) is 10.7. The van der Waals surface area contributed by atoms with E-state index in [0.717, 1.165) is 82.8 Å². The fourth-order valence-corrected chi connectivity index (χ4v) is 4.77. The molecule has 1 N–H and O–H groups in total. The van der Waals surface area contributed by atoms with Gasteiger partial charge in [0, 0.05) is 68.2 Å². The third kappa shape index (κ3) is 3.42. The normalized spacial score (nSPS) is 22.5. The number of aromatic nitrogens is 3. The van der Waals surface area contributed by atoms with Crippen LogP contribution in [0.1, 0.15) is 49.3 Å². The molecule has 150 valence electrons. The molecule has 0 bridgehead atoms. The number of fused-ring (bicyclic) bond motifs is 1. The summed E-state index contributed by atoms with van der Waals surface area (Å²) in [7, 11) is 0. The van der Waals surface area contributed by atoms with E-state index in [9.17, 15) is 4.79 Å². The quantitative estimate of drug-likeness (QED) is 0.877. The number of amides is 1. The van der Waals surface area contributed by atoms with Crippen LogP contribution in [0.3, 0.4) is 0 Å². The van der Waals surface area contributed by atoms with E-state index in [1.54, 1.807) is 12.4 Å². The molecule has 0 spiro atoms. The Kier molecular flexibility index (Phi) is 5.03. The second-order valence-corrected chi connectivity index (χ2v) is 8.39. The summed E-state index contributed by atoms with van der Waals surface area (Å²) in [6.07, 6.45) is 8.95. The van der Waals surface area contributed by atoms with Crippen molar-refractivity contribution in [3.05, 3.63) is 23.7 Å². The van der Waals surface area contributed by atoms with Crippen LogP contribution in [0.5, 0.6) is 0 Å². The van der Waals surface area contributed by atoms with Crippen LogP contribution in [-0.4, -0.2) is 70.1 Å². The van der Waals surface area contributed by atoms with Gasteiger partial charge in [-0.1, -0.05) is 6.42 Å². The first kappa shape index (κ1) is 18.1. The van der Waals surface area contributed by atoms with Crippen molar-refractivity contribution in [3.63, 3.8) is 0 Å². The van der Waals surface area contributed by atoms with Crippen LogP contribution in [0, 0.1) is 5.92 Å². The topological polar surface area (TPSA) is 74.4 Å². The lowest BCUT2D eigenvalue weighted by atomic mass is 9.83. The smallest absolute Gasteiger partial charge is 0.225 e. The molecular formula is C21H29N5O2. The van der Waals surface area contributed by atoms with Gasteiger partial charge in [0.25, 0.3) is 0 Å². The van der Waals surface area contributed by atoms with Gasteiger partial charge in [-0.15, -0.1) is 0 Å². The van der Waals surface area contributed by atoms with Gasteiger partial charge in [0.2, 0.25) is 5.91 Å². The highest BCUT2D eigenvalue weighted by atomic mass is 16.5. The zero-order valence-corrected chi connectivity index (χ0v) is 16.4. The Bertz CT molecular complexity index is 832. The van der Waals surface area contributed by atoms with Crippen molar-refractivity contribution in [2.75, 3.05) is 39.4 Å². The molecule has 7 heteroatoms. The van der Waals surface area contributed by atoms with Gasteiger partial charge in [0.15, 0.2) is 5.65 Å². The molecule has 2 aliphatic heterocycles. The molecule has 7 nitrogen and oxygen atoms in total. The highest BCUT2D eigenvalue weighted by Crippen LogP contribution is 2.35. The molecular weight excluding hydrogens is 354 g/mol. The van der Waals surface area contributed by atoms with Crippen LogP contribution < -0.4 is 0 Å². The van der Waals surface area contributed by atoms with Gasteiger partial charge in [0.05, 0.1) is 13.2 Å². The molecule has 3 fully saturated rings. The number of rotatable bonds is 4. The Morgan fingerprint density at radius 1 is 1.07 bits per heavy atom. The monoisotopic (exact) mass is 383 g/mol. The van der Waals surface area contributed by atoms with E-state index >= 15 is 0 Å². The predicted molar refractivity (Wildman–Crippen MR) is 106 cm³/mol. The lowest BCUT2D eigenvalue weighted by Crippen LogP contribution is -2.43. The van der Waals surface area contributed by atoms with Crippen LogP contribution in [0.25, 0.3) is 11.2 Å². The average Bonchev–Trinajstić information content (AvgIpc) is 3.06. The molecule has 28 heavy (non-hydrogen) atoms. The van der Waals surface area contributed by atoms with Crippen molar-refractivity contribution in [1.29, 1.82) is 0 Å². The predicted octanol–water partition coefficient (Wildman–Crippen LogP) is 2.30. The molecule has 2 aromatic heterocycles. The molecule has 4 heterocycles. The standard InChI is InChI=1S/C21H29N5O2/c27-21(16-2-1-3-16)26-8-4-15(5-9-26)18-17(14-25-10-12-28-13-11-25)19-20(24-18)23-7-6-22-19/h6-7,15-16H,1-5,8-14H2,(H,23,24). The van der Waals surface area contributed by atoms with Gasteiger partial charge in [-0.2, -0.15) is 0 Å². The molecule has 1 amide bonds. The molecule has 0 radical (unpaired) electrons. The summed E-state index contributed by atoms with van der Waals surface area (Å²) < 4.78 is 5.51. The minimum absolute atomic E-state index is 0.301. The van der Waals surface area contributed by atoms with E-state index in [2.05, 4.69) is 24.8 Å². The number of likely N-dealkylation sites (tertiary alicyclic amines) is 1. The lowest BCUT2D eigenvalue weighted by Gasteiger charge is -2.36. The summed E-state index contributed by atoms with van der Waals surface area (Å²) >= 11 is 0. The zero-order valence-electron chi connectivity index (χ0n) is 16.4. The Morgan fingerprint density at radius 2 is 1.82 bits per heavy atom. The molecule has 3 aliphatic rings. The number of nitrogens with zero attached hydrogens (tertiary/aromatic N) is 4. The van der Waals surface area contributed by atoms with Crippen LogP contribution >= 0.6 is 0 Å². The number of hydrogen-bond donors (Lipinski definition) is 1. The fraction of sp³-hybridized carbons (Fsp3) is 0.667. The van der Waals surface area contributed by atoms with Crippen LogP contribution in [0.15, 0.2) is 12.4 Å². The van der Waals surface area contributed by atoms with Gasteiger partial charge in [0.1, 0.15) is 5.52 Å². The molecule has 5 rings (SSSR count). The Labute approximate surface area is 165 Å². The zero-order chi connectivity index (χ0) is 18.9. The van der Waals surface area contributed by atoms with E-state index in [1.807, 2.05) is 0 Å². The van der Waals surface area contributed by atoms with Gasteiger partial charge < -0.3 is 14.6 Å².